The van der Waals surface area contributed by atoms with Crippen LogP contribution in [-0.2, 0) is 6.54 Å². The Morgan fingerprint density at radius 3 is 2.46 bits per heavy atom. The van der Waals surface area contributed by atoms with Crippen LogP contribution in [0.2, 0.25) is 0 Å². The summed E-state index contributed by atoms with van der Waals surface area (Å²) in [5.74, 6) is 1.39. The molecule has 1 aliphatic heterocycles. The van der Waals surface area contributed by atoms with Crippen molar-refractivity contribution >= 4 is 17.8 Å². The molecule has 1 aromatic heterocycles. The first-order chi connectivity index (χ1) is 13.6. The van der Waals surface area contributed by atoms with Gasteiger partial charge in [-0.25, -0.2) is 4.39 Å². The Kier molecular flexibility index (Phi) is 6.94. The summed E-state index contributed by atoms with van der Waals surface area (Å²) >= 11 is 0. The number of anilines is 3. The number of aliphatic hydroxyl groups excluding tert-OH is 1. The highest BCUT2D eigenvalue weighted by atomic mass is 19.1. The largest absolute Gasteiger partial charge is 0.395 e. The Morgan fingerprint density at radius 1 is 1.11 bits per heavy atom. The minimum absolute atomic E-state index is 0.0295. The maximum Gasteiger partial charge on any atom is 0.232 e. The fourth-order valence-electron chi connectivity index (χ4n) is 3.03. The summed E-state index contributed by atoms with van der Waals surface area (Å²) < 4.78 is 13.1. The quantitative estimate of drug-likeness (QED) is 0.697. The van der Waals surface area contributed by atoms with Crippen LogP contribution in [0.25, 0.3) is 0 Å². The second-order valence-electron chi connectivity index (χ2n) is 6.83. The van der Waals surface area contributed by atoms with Gasteiger partial charge < -0.3 is 25.1 Å². The summed E-state index contributed by atoms with van der Waals surface area (Å²) in [6, 6.07) is 6.34. The van der Waals surface area contributed by atoms with Crippen LogP contribution in [0.3, 0.4) is 0 Å². The van der Waals surface area contributed by atoms with Crippen molar-refractivity contribution in [1.82, 2.24) is 19.9 Å². The van der Waals surface area contributed by atoms with Crippen LogP contribution in [-0.4, -0.2) is 77.9 Å². The first kappa shape index (κ1) is 20.2. The molecule has 9 heteroatoms. The summed E-state index contributed by atoms with van der Waals surface area (Å²) in [7, 11) is 2.10. The molecule has 2 heterocycles. The average molecular weight is 389 g/mol. The number of piperazine rings is 1. The van der Waals surface area contributed by atoms with E-state index in [0.29, 0.717) is 37.5 Å². The van der Waals surface area contributed by atoms with Crippen molar-refractivity contribution in [3.05, 3.63) is 35.6 Å². The van der Waals surface area contributed by atoms with Crippen molar-refractivity contribution in [3.8, 4) is 0 Å². The molecule has 0 bridgehead atoms. The number of benzene rings is 1. The van der Waals surface area contributed by atoms with Crippen LogP contribution in [0.1, 0.15) is 12.5 Å². The van der Waals surface area contributed by atoms with E-state index >= 15 is 0 Å². The van der Waals surface area contributed by atoms with Gasteiger partial charge in [0.2, 0.25) is 17.8 Å². The summed E-state index contributed by atoms with van der Waals surface area (Å²) in [6.45, 7) is 7.26. The SMILES string of the molecule is CCN(CCO)c1nc(NCc2ccc(F)cc2)nc(N2CCN(C)CC2)n1. The number of rotatable bonds is 8. The number of hydrogen-bond acceptors (Lipinski definition) is 8. The van der Waals surface area contributed by atoms with Gasteiger partial charge >= 0.3 is 0 Å². The van der Waals surface area contributed by atoms with Crippen LogP contribution in [0, 0.1) is 5.82 Å². The molecule has 28 heavy (non-hydrogen) atoms. The van der Waals surface area contributed by atoms with Gasteiger partial charge in [-0.05, 0) is 31.7 Å². The zero-order valence-electron chi connectivity index (χ0n) is 16.5. The number of aromatic nitrogens is 3. The van der Waals surface area contributed by atoms with Gasteiger partial charge in [-0.3, -0.25) is 0 Å². The lowest BCUT2D eigenvalue weighted by molar-refractivity contribution is 0.301. The second kappa shape index (κ2) is 9.61. The van der Waals surface area contributed by atoms with E-state index in [0.717, 1.165) is 31.7 Å². The van der Waals surface area contributed by atoms with Gasteiger partial charge in [-0.1, -0.05) is 12.1 Å². The van der Waals surface area contributed by atoms with E-state index in [4.69, 9.17) is 0 Å². The highest BCUT2D eigenvalue weighted by Crippen LogP contribution is 2.18. The molecular formula is C19H28FN7O. The molecule has 1 saturated heterocycles. The van der Waals surface area contributed by atoms with Gasteiger partial charge in [0.25, 0.3) is 0 Å². The summed E-state index contributed by atoms with van der Waals surface area (Å²) in [4.78, 5) is 20.1. The summed E-state index contributed by atoms with van der Waals surface area (Å²) in [5.41, 5.74) is 0.937. The monoisotopic (exact) mass is 389 g/mol. The van der Waals surface area contributed by atoms with Crippen molar-refractivity contribution < 1.29 is 9.50 Å². The average Bonchev–Trinajstić information content (AvgIpc) is 2.72. The molecule has 0 spiro atoms. The van der Waals surface area contributed by atoms with Crippen molar-refractivity contribution in [2.24, 2.45) is 0 Å². The third kappa shape index (κ3) is 5.26. The Morgan fingerprint density at radius 2 is 1.82 bits per heavy atom. The molecule has 0 unspecified atom stereocenters. The van der Waals surface area contributed by atoms with Gasteiger partial charge in [0.1, 0.15) is 5.82 Å². The van der Waals surface area contributed by atoms with Crippen molar-refractivity contribution in [1.29, 1.82) is 0 Å². The summed E-state index contributed by atoms with van der Waals surface area (Å²) in [6.07, 6.45) is 0. The van der Waals surface area contributed by atoms with Gasteiger partial charge in [0, 0.05) is 45.8 Å². The molecule has 2 aromatic rings. The van der Waals surface area contributed by atoms with Crippen molar-refractivity contribution in [2.45, 2.75) is 13.5 Å². The molecule has 152 valence electrons. The topological polar surface area (TPSA) is 80.6 Å². The first-order valence-electron chi connectivity index (χ1n) is 9.62. The second-order valence-corrected chi connectivity index (χ2v) is 6.83. The molecule has 8 nitrogen and oxygen atoms in total. The predicted molar refractivity (Wildman–Crippen MR) is 108 cm³/mol. The number of aliphatic hydroxyl groups is 1. The number of likely N-dealkylation sites (N-methyl/N-ethyl adjacent to an activating group) is 2. The van der Waals surface area contributed by atoms with E-state index in [-0.39, 0.29) is 12.4 Å². The van der Waals surface area contributed by atoms with Crippen LogP contribution in [0.4, 0.5) is 22.2 Å². The highest BCUT2D eigenvalue weighted by molar-refractivity contribution is 5.46. The molecule has 1 aliphatic rings. The minimum atomic E-state index is -0.258. The molecule has 0 radical (unpaired) electrons. The standard InChI is InChI=1S/C19H28FN7O/c1-3-26(12-13-28)18-22-17(21-14-15-4-6-16(20)7-5-15)23-19(24-18)27-10-8-25(2)9-11-27/h4-7,28H,3,8-14H2,1-2H3,(H,21,22,23,24). The molecule has 0 aliphatic carbocycles. The molecule has 1 fully saturated rings. The first-order valence-corrected chi connectivity index (χ1v) is 9.62. The maximum absolute atomic E-state index is 13.1. The molecule has 0 atom stereocenters. The Bertz CT molecular complexity index is 750. The van der Waals surface area contributed by atoms with Crippen LogP contribution >= 0.6 is 0 Å². The normalized spacial score (nSPS) is 14.9. The Hall–Kier alpha value is -2.52. The molecule has 0 amide bonds. The lowest BCUT2D eigenvalue weighted by atomic mass is 10.2. The van der Waals surface area contributed by atoms with Crippen molar-refractivity contribution in [2.75, 3.05) is 68.0 Å². The Labute approximate surface area is 165 Å². The molecular weight excluding hydrogens is 361 g/mol. The van der Waals surface area contributed by atoms with Gasteiger partial charge in [0.15, 0.2) is 0 Å². The lowest BCUT2D eigenvalue weighted by Gasteiger charge is -2.33. The van der Waals surface area contributed by atoms with E-state index in [1.165, 1.54) is 12.1 Å². The van der Waals surface area contributed by atoms with E-state index in [1.54, 1.807) is 12.1 Å². The smallest absolute Gasteiger partial charge is 0.232 e. The third-order valence-electron chi connectivity index (χ3n) is 4.80. The van der Waals surface area contributed by atoms with Crippen LogP contribution < -0.4 is 15.1 Å². The maximum atomic E-state index is 13.1. The van der Waals surface area contributed by atoms with Gasteiger partial charge in [-0.2, -0.15) is 15.0 Å². The number of halogens is 1. The van der Waals surface area contributed by atoms with Gasteiger partial charge in [-0.15, -0.1) is 0 Å². The zero-order chi connectivity index (χ0) is 19.9. The van der Waals surface area contributed by atoms with Crippen molar-refractivity contribution in [3.63, 3.8) is 0 Å². The minimum Gasteiger partial charge on any atom is -0.395 e. The predicted octanol–water partition coefficient (Wildman–Crippen LogP) is 1.19. The fraction of sp³-hybridized carbons (Fsp3) is 0.526. The highest BCUT2D eigenvalue weighted by Gasteiger charge is 2.20. The van der Waals surface area contributed by atoms with Gasteiger partial charge in [0.05, 0.1) is 6.61 Å². The Balaban J connectivity index is 1.82. The van der Waals surface area contributed by atoms with E-state index in [2.05, 4.69) is 37.1 Å². The van der Waals surface area contributed by atoms with E-state index in [9.17, 15) is 9.50 Å². The molecule has 0 saturated carbocycles. The lowest BCUT2D eigenvalue weighted by Crippen LogP contribution is -2.45. The van der Waals surface area contributed by atoms with E-state index < -0.39 is 0 Å². The number of hydrogen-bond donors (Lipinski definition) is 2. The van der Waals surface area contributed by atoms with Crippen LogP contribution in [0.15, 0.2) is 24.3 Å². The van der Waals surface area contributed by atoms with E-state index in [1.807, 2.05) is 11.8 Å². The number of nitrogens with one attached hydrogen (secondary N) is 1. The number of nitrogens with zero attached hydrogens (tertiary/aromatic N) is 6. The zero-order valence-corrected chi connectivity index (χ0v) is 16.5. The third-order valence-corrected chi connectivity index (χ3v) is 4.80. The molecule has 2 N–H and O–H groups in total. The van der Waals surface area contributed by atoms with Crippen LogP contribution in [0.5, 0.6) is 0 Å². The summed E-state index contributed by atoms with van der Waals surface area (Å²) in [5, 5.41) is 12.6. The molecule has 1 aromatic carbocycles. The molecule has 3 rings (SSSR count). The fourth-order valence-corrected chi connectivity index (χ4v) is 3.03.